The summed E-state index contributed by atoms with van der Waals surface area (Å²) < 4.78 is 13.3. The van der Waals surface area contributed by atoms with Gasteiger partial charge in [0.1, 0.15) is 11.9 Å². The summed E-state index contributed by atoms with van der Waals surface area (Å²) in [5.74, 6) is -0.503. The van der Waals surface area contributed by atoms with Gasteiger partial charge in [0.05, 0.1) is 0 Å². The Morgan fingerprint density at radius 2 is 1.58 bits per heavy atom. The molecule has 1 aliphatic rings. The third-order valence-electron chi connectivity index (χ3n) is 6.19. The van der Waals surface area contributed by atoms with Crippen LogP contribution in [0, 0.1) is 5.82 Å². The maximum Gasteiger partial charge on any atom is 0.242 e. The van der Waals surface area contributed by atoms with E-state index in [4.69, 9.17) is 0 Å². The molecule has 2 aromatic carbocycles. The van der Waals surface area contributed by atoms with Gasteiger partial charge in [0.2, 0.25) is 11.8 Å². The first-order valence-electron chi connectivity index (χ1n) is 11.4. The van der Waals surface area contributed by atoms with Crippen LogP contribution in [0.3, 0.4) is 0 Å². The van der Waals surface area contributed by atoms with Crippen LogP contribution in [0.15, 0.2) is 48.5 Å². The molecule has 0 radical (unpaired) electrons. The van der Waals surface area contributed by atoms with E-state index in [-0.39, 0.29) is 30.2 Å². The van der Waals surface area contributed by atoms with Crippen molar-refractivity contribution >= 4 is 11.8 Å². The lowest BCUT2D eigenvalue weighted by Gasteiger charge is -2.30. The second kappa shape index (κ2) is 11.1. The number of carbonyl (C=O) groups excluding carboxylic acids is 2. The molecule has 0 aromatic heterocycles. The van der Waals surface area contributed by atoms with Crippen LogP contribution in [0.5, 0.6) is 0 Å². The van der Waals surface area contributed by atoms with Crippen molar-refractivity contribution < 1.29 is 14.0 Å². The van der Waals surface area contributed by atoms with Crippen molar-refractivity contribution in [3.8, 4) is 0 Å². The highest BCUT2D eigenvalue weighted by atomic mass is 19.1. The monoisotopic (exact) mass is 424 g/mol. The zero-order valence-corrected chi connectivity index (χ0v) is 18.6. The van der Waals surface area contributed by atoms with E-state index in [2.05, 4.69) is 36.5 Å². The first-order chi connectivity index (χ1) is 15.0. The number of halogens is 1. The zero-order chi connectivity index (χ0) is 22.2. The second-order valence-corrected chi connectivity index (χ2v) is 8.48. The molecular formula is C26H33FN2O2. The summed E-state index contributed by atoms with van der Waals surface area (Å²) in [5.41, 5.74) is 3.18. The molecule has 5 heteroatoms. The number of aryl methyl sites for hydroxylation is 2. The van der Waals surface area contributed by atoms with Crippen LogP contribution in [0.4, 0.5) is 4.39 Å². The fraction of sp³-hybridized carbons (Fsp3) is 0.462. The van der Waals surface area contributed by atoms with E-state index in [0.717, 1.165) is 43.2 Å². The van der Waals surface area contributed by atoms with E-state index in [0.29, 0.717) is 12.8 Å². The van der Waals surface area contributed by atoms with Crippen LogP contribution in [0.1, 0.15) is 62.6 Å². The molecule has 1 N–H and O–H groups in total. The molecule has 0 bridgehead atoms. The van der Waals surface area contributed by atoms with E-state index in [1.807, 2.05) is 0 Å². The normalized spacial score (nSPS) is 14.9. The van der Waals surface area contributed by atoms with E-state index in [9.17, 15) is 14.0 Å². The average molecular weight is 425 g/mol. The van der Waals surface area contributed by atoms with Gasteiger partial charge < -0.3 is 10.2 Å². The smallest absolute Gasteiger partial charge is 0.242 e. The first kappa shape index (κ1) is 23.0. The van der Waals surface area contributed by atoms with Crippen molar-refractivity contribution in [1.29, 1.82) is 0 Å². The number of nitrogens with one attached hydrogen (secondary N) is 1. The quantitative estimate of drug-likeness (QED) is 0.629. The SMILES string of the molecule is CCc1ccc(CCC(=O)N(Cc2ccc(F)cc2)[C@H](C)C(=O)NC2CCCC2)cc1. The first-order valence-corrected chi connectivity index (χ1v) is 11.4. The highest BCUT2D eigenvalue weighted by Crippen LogP contribution is 2.19. The molecule has 1 saturated carbocycles. The van der Waals surface area contributed by atoms with Crippen molar-refractivity contribution in [3.63, 3.8) is 0 Å². The van der Waals surface area contributed by atoms with Gasteiger partial charge in [-0.25, -0.2) is 4.39 Å². The molecular weight excluding hydrogens is 391 g/mol. The summed E-state index contributed by atoms with van der Waals surface area (Å²) in [6.07, 6.45) is 6.20. The average Bonchev–Trinajstić information content (AvgIpc) is 3.30. The third kappa shape index (κ3) is 6.65. The molecule has 1 atom stereocenters. The van der Waals surface area contributed by atoms with E-state index >= 15 is 0 Å². The molecule has 0 aliphatic heterocycles. The van der Waals surface area contributed by atoms with E-state index in [1.165, 1.54) is 17.7 Å². The predicted octanol–water partition coefficient (Wildman–Crippen LogP) is 4.80. The summed E-state index contributed by atoms with van der Waals surface area (Å²) in [6, 6.07) is 14.0. The lowest BCUT2D eigenvalue weighted by Crippen LogP contribution is -2.49. The Morgan fingerprint density at radius 3 is 2.19 bits per heavy atom. The van der Waals surface area contributed by atoms with Gasteiger partial charge >= 0.3 is 0 Å². The summed E-state index contributed by atoms with van der Waals surface area (Å²) in [6.45, 7) is 4.18. The number of hydrogen-bond donors (Lipinski definition) is 1. The Labute approximate surface area is 184 Å². The van der Waals surface area contributed by atoms with Gasteiger partial charge in [-0.2, -0.15) is 0 Å². The zero-order valence-electron chi connectivity index (χ0n) is 18.6. The Bertz CT molecular complexity index is 858. The molecule has 3 rings (SSSR count). The number of rotatable bonds is 9. The fourth-order valence-electron chi connectivity index (χ4n) is 4.10. The molecule has 0 heterocycles. The van der Waals surface area contributed by atoms with E-state index < -0.39 is 6.04 Å². The molecule has 31 heavy (non-hydrogen) atoms. The van der Waals surface area contributed by atoms with Gasteiger partial charge in [-0.15, -0.1) is 0 Å². The predicted molar refractivity (Wildman–Crippen MR) is 121 cm³/mol. The molecule has 4 nitrogen and oxygen atoms in total. The molecule has 166 valence electrons. The third-order valence-corrected chi connectivity index (χ3v) is 6.19. The highest BCUT2D eigenvalue weighted by molar-refractivity contribution is 5.87. The van der Waals surface area contributed by atoms with Gasteiger partial charge in [-0.3, -0.25) is 9.59 Å². The minimum Gasteiger partial charge on any atom is -0.352 e. The van der Waals surface area contributed by atoms with Crippen LogP contribution >= 0.6 is 0 Å². The van der Waals surface area contributed by atoms with Crippen molar-refractivity contribution in [1.82, 2.24) is 10.2 Å². The van der Waals surface area contributed by atoms with Crippen molar-refractivity contribution in [2.75, 3.05) is 0 Å². The number of amides is 2. The second-order valence-electron chi connectivity index (χ2n) is 8.48. The van der Waals surface area contributed by atoms with Crippen LogP contribution in [0.2, 0.25) is 0 Å². The van der Waals surface area contributed by atoms with Crippen molar-refractivity contribution in [2.45, 2.75) is 77.4 Å². The number of carbonyl (C=O) groups is 2. The largest absolute Gasteiger partial charge is 0.352 e. The standard InChI is InChI=1S/C26H33FN2O2/c1-3-20-8-10-21(11-9-20)14-17-25(30)29(18-22-12-15-23(27)16-13-22)19(2)26(31)28-24-6-4-5-7-24/h8-13,15-16,19,24H,3-7,14,17-18H2,1-2H3,(H,28,31)/t19-/m1/s1. The van der Waals surface area contributed by atoms with Crippen LogP contribution < -0.4 is 5.32 Å². The Hall–Kier alpha value is -2.69. The molecule has 1 fully saturated rings. The Morgan fingerprint density at radius 1 is 1.00 bits per heavy atom. The minimum atomic E-state index is -0.583. The summed E-state index contributed by atoms with van der Waals surface area (Å²) >= 11 is 0. The maximum atomic E-state index is 13.3. The molecule has 0 saturated heterocycles. The van der Waals surface area contributed by atoms with Gasteiger partial charge in [0, 0.05) is 19.0 Å². The van der Waals surface area contributed by atoms with Crippen molar-refractivity contribution in [2.24, 2.45) is 0 Å². The van der Waals surface area contributed by atoms with Gasteiger partial charge in [0.15, 0.2) is 0 Å². The molecule has 1 aliphatic carbocycles. The van der Waals surface area contributed by atoms with Crippen LogP contribution in [-0.2, 0) is 29.0 Å². The van der Waals surface area contributed by atoms with Gasteiger partial charge in [0.25, 0.3) is 0 Å². The number of benzene rings is 2. The summed E-state index contributed by atoms with van der Waals surface area (Å²) in [4.78, 5) is 27.7. The summed E-state index contributed by atoms with van der Waals surface area (Å²) in [5, 5.41) is 3.10. The maximum absolute atomic E-state index is 13.3. The van der Waals surface area contributed by atoms with E-state index in [1.54, 1.807) is 24.0 Å². The minimum absolute atomic E-state index is 0.0713. The Kier molecular flexibility index (Phi) is 8.21. The number of nitrogens with zero attached hydrogens (tertiary/aromatic N) is 1. The lowest BCUT2D eigenvalue weighted by atomic mass is 10.0. The molecule has 0 spiro atoms. The molecule has 2 aromatic rings. The number of hydrogen-bond acceptors (Lipinski definition) is 2. The van der Waals surface area contributed by atoms with Crippen molar-refractivity contribution in [3.05, 3.63) is 71.0 Å². The van der Waals surface area contributed by atoms with Gasteiger partial charge in [-0.1, -0.05) is 56.2 Å². The Balaban J connectivity index is 1.68. The van der Waals surface area contributed by atoms with Crippen LogP contribution in [-0.4, -0.2) is 28.8 Å². The lowest BCUT2D eigenvalue weighted by molar-refractivity contribution is -0.140. The van der Waals surface area contributed by atoms with Gasteiger partial charge in [-0.05, 0) is 61.4 Å². The fourth-order valence-corrected chi connectivity index (χ4v) is 4.10. The topological polar surface area (TPSA) is 49.4 Å². The summed E-state index contributed by atoms with van der Waals surface area (Å²) in [7, 11) is 0. The molecule has 0 unspecified atom stereocenters. The molecule has 2 amide bonds. The van der Waals surface area contributed by atoms with Crippen LogP contribution in [0.25, 0.3) is 0 Å². The highest BCUT2D eigenvalue weighted by Gasteiger charge is 2.28.